The molecule has 0 saturated carbocycles. The minimum Gasteiger partial charge on any atom is -0.492 e. The number of hydrogen-bond donors (Lipinski definition) is 1. The minimum absolute atomic E-state index is 0.151. The minimum atomic E-state index is -0.571. The molecule has 5 nitrogen and oxygen atoms in total. The van der Waals surface area contributed by atoms with Crippen molar-refractivity contribution in [2.75, 3.05) is 20.2 Å². The van der Waals surface area contributed by atoms with Gasteiger partial charge in [-0.2, -0.15) is 0 Å². The molecule has 1 aromatic carbocycles. The molecule has 0 aliphatic rings. The molecule has 1 N–H and O–H groups in total. The van der Waals surface area contributed by atoms with Gasteiger partial charge < -0.3 is 15.0 Å². The molecule has 1 atom stereocenters. The fourth-order valence-electron chi connectivity index (χ4n) is 1.77. The number of hydrogen-bond acceptors (Lipinski definition) is 3. The molecule has 23 heavy (non-hydrogen) atoms. The Hall–Kier alpha value is -1.75. The van der Waals surface area contributed by atoms with Gasteiger partial charge in [0, 0.05) is 17.5 Å². The van der Waals surface area contributed by atoms with Crippen LogP contribution in [0.2, 0.25) is 5.02 Å². The average molecular weight is 341 g/mol. The first-order valence-corrected chi connectivity index (χ1v) is 7.93. The average Bonchev–Trinajstić information content (AvgIpc) is 2.45. The van der Waals surface area contributed by atoms with Gasteiger partial charge in [0.25, 0.3) is 0 Å². The highest BCUT2D eigenvalue weighted by Crippen LogP contribution is 2.17. The highest BCUT2D eigenvalue weighted by Gasteiger charge is 2.26. The molecule has 0 aliphatic heterocycles. The maximum absolute atomic E-state index is 12.2. The molecule has 0 fully saturated rings. The Morgan fingerprint density at radius 3 is 2.57 bits per heavy atom. The van der Waals surface area contributed by atoms with Crippen LogP contribution < -0.4 is 10.1 Å². The molecule has 0 saturated heterocycles. The van der Waals surface area contributed by atoms with Crippen LogP contribution in [0.3, 0.4) is 0 Å². The zero-order valence-corrected chi connectivity index (χ0v) is 15.1. The highest BCUT2D eigenvalue weighted by molar-refractivity contribution is 6.30. The van der Waals surface area contributed by atoms with E-state index in [1.807, 2.05) is 20.8 Å². The molecule has 0 unspecified atom stereocenters. The van der Waals surface area contributed by atoms with Crippen LogP contribution >= 0.6 is 11.6 Å². The highest BCUT2D eigenvalue weighted by atomic mass is 35.5. The number of halogens is 1. The summed E-state index contributed by atoms with van der Waals surface area (Å²) in [6.45, 7) is 7.87. The summed E-state index contributed by atoms with van der Waals surface area (Å²) in [5, 5.41) is 3.33. The predicted molar refractivity (Wildman–Crippen MR) is 91.6 cm³/mol. The summed E-state index contributed by atoms with van der Waals surface area (Å²) in [4.78, 5) is 25.7. The van der Waals surface area contributed by atoms with Gasteiger partial charge in [-0.15, -0.1) is 0 Å². The van der Waals surface area contributed by atoms with Crippen molar-refractivity contribution in [3.8, 4) is 5.75 Å². The number of nitrogens with one attached hydrogen (secondary N) is 1. The molecule has 6 heteroatoms. The van der Waals surface area contributed by atoms with Crippen molar-refractivity contribution in [3.63, 3.8) is 0 Å². The SMILES string of the molecule is C[C@H](NC(=O)C(C)(C)C)C(=O)N(C)CCOc1cccc(Cl)c1. The lowest BCUT2D eigenvalue weighted by Crippen LogP contribution is -2.49. The summed E-state index contributed by atoms with van der Waals surface area (Å²) >= 11 is 5.88. The number of likely N-dealkylation sites (N-methyl/N-ethyl adjacent to an activating group) is 1. The van der Waals surface area contributed by atoms with E-state index in [1.54, 1.807) is 38.2 Å². The number of rotatable bonds is 6. The lowest BCUT2D eigenvalue weighted by molar-refractivity contribution is -0.137. The second kappa shape index (κ2) is 8.20. The Kier molecular flexibility index (Phi) is 6.88. The molecule has 0 spiro atoms. The Balaban J connectivity index is 2.43. The van der Waals surface area contributed by atoms with E-state index in [4.69, 9.17) is 16.3 Å². The smallest absolute Gasteiger partial charge is 0.244 e. The van der Waals surface area contributed by atoms with Crippen molar-refractivity contribution in [1.82, 2.24) is 10.2 Å². The second-order valence-electron chi connectivity index (χ2n) is 6.51. The lowest BCUT2D eigenvalue weighted by Gasteiger charge is -2.25. The van der Waals surface area contributed by atoms with Crippen molar-refractivity contribution in [1.29, 1.82) is 0 Å². The molecule has 0 bridgehead atoms. The molecule has 0 radical (unpaired) electrons. The van der Waals surface area contributed by atoms with Crippen LogP contribution in [-0.4, -0.2) is 43.0 Å². The number of benzene rings is 1. The zero-order chi connectivity index (χ0) is 17.6. The first kappa shape index (κ1) is 19.3. The van der Waals surface area contributed by atoms with Crippen molar-refractivity contribution < 1.29 is 14.3 Å². The van der Waals surface area contributed by atoms with Crippen LogP contribution in [0.25, 0.3) is 0 Å². The standard InChI is InChI=1S/C17H25ClN2O3/c1-12(19-16(22)17(2,3)4)15(21)20(5)9-10-23-14-8-6-7-13(18)11-14/h6-8,11-12H,9-10H2,1-5H3,(H,19,22)/t12-/m0/s1. The van der Waals surface area contributed by atoms with Crippen LogP contribution in [0, 0.1) is 5.41 Å². The number of amides is 2. The summed E-state index contributed by atoms with van der Waals surface area (Å²) in [5.74, 6) is 0.353. The van der Waals surface area contributed by atoms with Crippen molar-refractivity contribution in [2.45, 2.75) is 33.7 Å². The number of carbonyl (C=O) groups excluding carboxylic acids is 2. The van der Waals surface area contributed by atoms with Crippen LogP contribution in [0.15, 0.2) is 24.3 Å². The van der Waals surface area contributed by atoms with Gasteiger partial charge in [-0.3, -0.25) is 9.59 Å². The predicted octanol–water partition coefficient (Wildman–Crippen LogP) is 2.73. The molecular formula is C17H25ClN2O3. The van der Waals surface area contributed by atoms with E-state index in [1.165, 1.54) is 4.90 Å². The van der Waals surface area contributed by atoms with E-state index in [2.05, 4.69) is 5.32 Å². The van der Waals surface area contributed by atoms with Gasteiger partial charge in [0.05, 0.1) is 6.54 Å². The molecule has 2 amide bonds. The fraction of sp³-hybridized carbons (Fsp3) is 0.529. The van der Waals surface area contributed by atoms with E-state index in [0.29, 0.717) is 23.9 Å². The Morgan fingerprint density at radius 1 is 1.35 bits per heavy atom. The summed E-state index contributed by atoms with van der Waals surface area (Å²) in [6.07, 6.45) is 0. The van der Waals surface area contributed by atoms with Crippen LogP contribution in [-0.2, 0) is 9.59 Å². The largest absolute Gasteiger partial charge is 0.492 e. The lowest BCUT2D eigenvalue weighted by atomic mass is 9.95. The summed E-state index contributed by atoms with van der Waals surface area (Å²) in [5.41, 5.74) is -0.525. The van der Waals surface area contributed by atoms with Gasteiger partial charge in [-0.1, -0.05) is 38.4 Å². The normalized spacial score (nSPS) is 12.4. The third-order valence-electron chi connectivity index (χ3n) is 3.27. The topological polar surface area (TPSA) is 58.6 Å². The molecule has 1 rings (SSSR count). The number of carbonyl (C=O) groups is 2. The number of nitrogens with zero attached hydrogens (tertiary/aromatic N) is 1. The maximum atomic E-state index is 12.2. The van der Waals surface area contributed by atoms with Gasteiger partial charge in [0.15, 0.2) is 0 Å². The van der Waals surface area contributed by atoms with E-state index < -0.39 is 11.5 Å². The first-order valence-electron chi connectivity index (χ1n) is 7.55. The van der Waals surface area contributed by atoms with Gasteiger partial charge in [-0.25, -0.2) is 0 Å². The first-order chi connectivity index (χ1) is 10.6. The van der Waals surface area contributed by atoms with E-state index in [-0.39, 0.29) is 11.8 Å². The third kappa shape index (κ3) is 6.48. The molecule has 1 aromatic rings. The molecular weight excluding hydrogens is 316 g/mol. The molecule has 0 heterocycles. The summed E-state index contributed by atoms with van der Waals surface area (Å²) in [7, 11) is 1.68. The van der Waals surface area contributed by atoms with Gasteiger partial charge in [0.1, 0.15) is 18.4 Å². The van der Waals surface area contributed by atoms with Crippen molar-refractivity contribution in [3.05, 3.63) is 29.3 Å². The maximum Gasteiger partial charge on any atom is 0.244 e. The monoisotopic (exact) mass is 340 g/mol. The summed E-state index contributed by atoms with van der Waals surface area (Å²) in [6, 6.07) is 6.52. The summed E-state index contributed by atoms with van der Waals surface area (Å²) < 4.78 is 5.56. The number of ether oxygens (including phenoxy) is 1. The Morgan fingerprint density at radius 2 is 2.00 bits per heavy atom. The molecule has 0 aromatic heterocycles. The van der Waals surface area contributed by atoms with Gasteiger partial charge in [-0.05, 0) is 25.1 Å². The quantitative estimate of drug-likeness (QED) is 0.866. The Bertz CT molecular complexity index is 555. The van der Waals surface area contributed by atoms with Gasteiger partial charge in [0.2, 0.25) is 11.8 Å². The van der Waals surface area contributed by atoms with E-state index in [9.17, 15) is 9.59 Å². The Labute approximate surface area is 142 Å². The zero-order valence-electron chi connectivity index (χ0n) is 14.4. The molecule has 0 aliphatic carbocycles. The van der Waals surface area contributed by atoms with Crippen molar-refractivity contribution >= 4 is 23.4 Å². The van der Waals surface area contributed by atoms with Crippen LogP contribution in [0.4, 0.5) is 0 Å². The second-order valence-corrected chi connectivity index (χ2v) is 6.95. The van der Waals surface area contributed by atoms with Crippen LogP contribution in [0.1, 0.15) is 27.7 Å². The van der Waals surface area contributed by atoms with E-state index >= 15 is 0 Å². The van der Waals surface area contributed by atoms with Gasteiger partial charge >= 0.3 is 0 Å². The fourth-order valence-corrected chi connectivity index (χ4v) is 1.95. The third-order valence-corrected chi connectivity index (χ3v) is 3.50. The molecule has 128 valence electrons. The van der Waals surface area contributed by atoms with Crippen molar-refractivity contribution in [2.24, 2.45) is 5.41 Å². The van der Waals surface area contributed by atoms with E-state index in [0.717, 1.165) is 0 Å². The van der Waals surface area contributed by atoms with Crippen LogP contribution in [0.5, 0.6) is 5.75 Å².